The molecule has 0 saturated carbocycles. The minimum atomic E-state index is -2.93. The molecule has 0 radical (unpaired) electrons. The summed E-state index contributed by atoms with van der Waals surface area (Å²) >= 11 is 0. The molecule has 0 fully saturated rings. The van der Waals surface area contributed by atoms with Crippen molar-refractivity contribution in [1.29, 1.82) is 0 Å². The van der Waals surface area contributed by atoms with Gasteiger partial charge in [0, 0.05) is 0 Å². The van der Waals surface area contributed by atoms with Crippen LogP contribution in [0.1, 0.15) is 62.1 Å². The van der Waals surface area contributed by atoms with E-state index in [0.717, 1.165) is 0 Å². The molecule has 6 aromatic rings. The van der Waals surface area contributed by atoms with Gasteiger partial charge in [-0.1, -0.05) is 0 Å². The van der Waals surface area contributed by atoms with Gasteiger partial charge in [0.1, 0.15) is 13.2 Å². The van der Waals surface area contributed by atoms with Gasteiger partial charge in [0.25, 0.3) is 0 Å². The summed E-state index contributed by atoms with van der Waals surface area (Å²) in [4.78, 5) is 84.0. The van der Waals surface area contributed by atoms with Crippen LogP contribution in [0.15, 0.2) is 72.8 Å². The van der Waals surface area contributed by atoms with Crippen molar-refractivity contribution in [2.45, 2.75) is 24.4 Å². The fourth-order valence-electron chi connectivity index (χ4n) is 6.71. The van der Waals surface area contributed by atoms with Crippen LogP contribution in [0.5, 0.6) is 103 Å². The van der Waals surface area contributed by atoms with Gasteiger partial charge in [-0.2, -0.15) is 0 Å². The maximum atomic E-state index is 14.3. The van der Waals surface area contributed by atoms with Crippen LogP contribution in [0.4, 0.5) is 0 Å². The topological polar surface area (TPSA) is 522 Å². The van der Waals surface area contributed by atoms with E-state index in [1.54, 1.807) is 0 Å². The predicted molar refractivity (Wildman–Crippen MR) is 246 cm³/mol. The van der Waals surface area contributed by atoms with E-state index in [1.165, 1.54) is 0 Å². The first-order chi connectivity index (χ1) is 36.6. The third-order valence-electron chi connectivity index (χ3n) is 10.6. The van der Waals surface area contributed by atoms with Crippen molar-refractivity contribution in [2.24, 2.45) is 0 Å². The summed E-state index contributed by atoms with van der Waals surface area (Å²) in [5.74, 6) is -32.0. The Hall–Kier alpha value is -11.5. The second-order valence-corrected chi connectivity index (χ2v) is 16.0. The number of rotatable bonds is 17. The van der Waals surface area contributed by atoms with Gasteiger partial charge in [-0.3, -0.25) is 0 Å². The lowest BCUT2D eigenvalue weighted by atomic mass is 10.0. The number of ether oxygens (including phenoxy) is 6. The van der Waals surface area contributed by atoms with Crippen LogP contribution < -0.4 is 0 Å². The van der Waals surface area contributed by atoms with Crippen LogP contribution in [-0.2, 0) is 28.4 Å². The van der Waals surface area contributed by atoms with Gasteiger partial charge in [0.2, 0.25) is 0 Å². The Morgan fingerprint density at radius 3 is 0.590 bits per heavy atom. The highest BCUT2D eigenvalue weighted by molar-refractivity contribution is 5.95. The second-order valence-electron chi connectivity index (χ2n) is 16.0. The van der Waals surface area contributed by atoms with E-state index in [4.69, 9.17) is 28.4 Å². The van der Waals surface area contributed by atoms with E-state index >= 15 is 0 Å². The average Bonchev–Trinajstić information content (AvgIpc) is 3.39. The number of hydrogen-bond donors (Lipinski definition) is 18. The number of phenols is 18. The molecular weight excluding hydrogens is 1060 g/mol. The van der Waals surface area contributed by atoms with Crippen LogP contribution in [0.3, 0.4) is 0 Å². The highest BCUT2D eigenvalue weighted by Crippen LogP contribution is 2.41. The monoisotopic (exact) mass is 1090 g/mol. The van der Waals surface area contributed by atoms with E-state index in [9.17, 15) is 121 Å². The molecule has 0 saturated heterocycles. The first-order valence-electron chi connectivity index (χ1n) is 21.2. The Morgan fingerprint density at radius 2 is 0.410 bits per heavy atom. The second kappa shape index (κ2) is 22.3. The van der Waals surface area contributed by atoms with E-state index in [2.05, 4.69) is 0 Å². The van der Waals surface area contributed by atoms with Crippen molar-refractivity contribution in [1.82, 2.24) is 0 Å². The molecule has 6 rings (SSSR count). The Labute approximate surface area is 431 Å². The molecule has 30 heteroatoms. The van der Waals surface area contributed by atoms with Gasteiger partial charge >= 0.3 is 35.8 Å². The van der Waals surface area contributed by atoms with E-state index < -0.39 is 210 Å². The van der Waals surface area contributed by atoms with Crippen LogP contribution in [0, 0.1) is 0 Å². The largest absolute Gasteiger partial charge is 0.504 e. The minimum Gasteiger partial charge on any atom is -0.504 e. The number of carbonyl (C=O) groups is 6. The summed E-state index contributed by atoms with van der Waals surface area (Å²) in [7, 11) is 0. The zero-order valence-electron chi connectivity index (χ0n) is 38.6. The molecule has 0 spiro atoms. The minimum absolute atomic E-state index is 0.426. The fourth-order valence-corrected chi connectivity index (χ4v) is 6.71. The number of phenolic OH excluding ortho intramolecular Hbond substituents is 18. The summed E-state index contributed by atoms with van der Waals surface area (Å²) < 4.78 is 32.9. The number of benzene rings is 6. The van der Waals surface area contributed by atoms with Crippen LogP contribution in [0.2, 0.25) is 0 Å². The molecule has 0 bridgehead atoms. The first-order valence-corrected chi connectivity index (χ1v) is 21.2. The maximum absolute atomic E-state index is 14.3. The Bertz CT molecular complexity index is 3040. The quantitative estimate of drug-likeness (QED) is 0.0354. The molecule has 0 unspecified atom stereocenters. The molecule has 0 aliphatic carbocycles. The standard InChI is InChI=1S/C48H38O30/c49-21-1-15(2-22(50)35(21)61)43(67)73-13-33(75-45(69)17-5-25(53)37(63)26(54)6-17)41(77-47(71)19-9-29(57)39(65)30(58)10-19)42(78-48(72)20-11-31(59)40(66)32(60)12-20)34(76-46(70)18-7-27(55)38(64)28(56)8-18)14-74-44(68)16-3-23(51)36(62)24(52)4-16/h1-12,33-34,41-42,49-66H,13-14H2/t33-,34+,41+,42-. The van der Waals surface area contributed by atoms with Crippen molar-refractivity contribution in [3.63, 3.8) is 0 Å². The highest BCUT2D eigenvalue weighted by Gasteiger charge is 2.47. The van der Waals surface area contributed by atoms with Crippen molar-refractivity contribution in [3.05, 3.63) is 106 Å². The van der Waals surface area contributed by atoms with Crippen molar-refractivity contribution < 1.29 is 149 Å². The summed E-state index contributed by atoms with van der Waals surface area (Å²) in [5.41, 5.74) is -5.47. The van der Waals surface area contributed by atoms with Crippen molar-refractivity contribution >= 4 is 35.8 Å². The molecule has 18 N–H and O–H groups in total. The molecule has 6 aromatic carbocycles. The number of esters is 6. The maximum Gasteiger partial charge on any atom is 0.338 e. The molecule has 0 amide bonds. The zero-order valence-corrected chi connectivity index (χ0v) is 38.6. The Balaban J connectivity index is 1.63. The Morgan fingerprint density at radius 1 is 0.256 bits per heavy atom. The summed E-state index contributed by atoms with van der Waals surface area (Å²) in [5, 5.41) is 183. The number of carbonyl (C=O) groups excluding carboxylic acids is 6. The first kappa shape index (κ1) is 55.8. The number of hydrogen-bond acceptors (Lipinski definition) is 30. The molecule has 0 heterocycles. The summed E-state index contributed by atoms with van der Waals surface area (Å²) in [6, 6.07) is 5.61. The van der Waals surface area contributed by atoms with E-state index in [1.807, 2.05) is 0 Å². The molecule has 0 aromatic heterocycles. The fraction of sp³-hybridized carbons (Fsp3) is 0.125. The summed E-state index contributed by atoms with van der Waals surface area (Å²) in [6.07, 6.45) is -11.3. The van der Waals surface area contributed by atoms with Gasteiger partial charge in [0.05, 0.1) is 33.4 Å². The molecule has 0 aliphatic rings. The molecule has 78 heavy (non-hydrogen) atoms. The lowest BCUT2D eigenvalue weighted by Crippen LogP contribution is -2.54. The van der Waals surface area contributed by atoms with Gasteiger partial charge in [0.15, 0.2) is 128 Å². The SMILES string of the molecule is O=C(OC[C@H](OC(=O)c1cc(O)c(O)c(O)c1)[C@@H](OC(=O)c1cc(O)c(O)c(O)c1)[C@@H](OC(=O)c1cc(O)c(O)c(O)c1)[C@@H](COC(=O)c1cc(O)c(O)c(O)c1)OC(=O)c1cc(O)c(O)c(O)c1)c1cc(O)c(O)c(O)c1. The van der Waals surface area contributed by atoms with Crippen LogP contribution >= 0.6 is 0 Å². The molecule has 0 aliphatic heterocycles. The molecular formula is C48H38O30. The third kappa shape index (κ3) is 12.1. The smallest absolute Gasteiger partial charge is 0.338 e. The van der Waals surface area contributed by atoms with Gasteiger partial charge < -0.3 is 120 Å². The zero-order chi connectivity index (χ0) is 57.8. The normalized spacial score (nSPS) is 12.5. The average molecular weight is 1090 g/mol. The van der Waals surface area contributed by atoms with Gasteiger partial charge in [-0.25, -0.2) is 28.8 Å². The summed E-state index contributed by atoms with van der Waals surface area (Å²) in [6.45, 7) is -3.21. The van der Waals surface area contributed by atoms with Crippen molar-refractivity contribution in [3.8, 4) is 103 Å². The van der Waals surface area contributed by atoms with E-state index in [0.29, 0.717) is 72.8 Å². The lowest BCUT2D eigenvalue weighted by molar-refractivity contribution is -0.138. The van der Waals surface area contributed by atoms with Crippen LogP contribution in [0.25, 0.3) is 0 Å². The van der Waals surface area contributed by atoms with Crippen LogP contribution in [-0.4, -0.2) is 165 Å². The van der Waals surface area contributed by atoms with Gasteiger partial charge in [-0.15, -0.1) is 0 Å². The highest BCUT2D eigenvalue weighted by atomic mass is 16.6. The van der Waals surface area contributed by atoms with E-state index in [-0.39, 0.29) is 0 Å². The third-order valence-corrected chi connectivity index (χ3v) is 10.6. The lowest BCUT2D eigenvalue weighted by Gasteiger charge is -2.36. The molecule has 30 nitrogen and oxygen atoms in total. The Kier molecular flexibility index (Phi) is 16.0. The molecule has 410 valence electrons. The predicted octanol–water partition coefficient (Wildman–Crippen LogP) is 2.30. The van der Waals surface area contributed by atoms with Crippen molar-refractivity contribution in [2.75, 3.05) is 13.2 Å². The molecule has 4 atom stereocenters. The van der Waals surface area contributed by atoms with Gasteiger partial charge in [-0.05, 0) is 72.8 Å². The number of aromatic hydroxyl groups is 18.